The van der Waals surface area contributed by atoms with Gasteiger partial charge in [0.2, 0.25) is 0 Å². The van der Waals surface area contributed by atoms with Gasteiger partial charge in [-0.2, -0.15) is 0 Å². The van der Waals surface area contributed by atoms with Crippen molar-refractivity contribution in [1.82, 2.24) is 4.90 Å². The van der Waals surface area contributed by atoms with E-state index in [1.807, 2.05) is 19.1 Å². The summed E-state index contributed by atoms with van der Waals surface area (Å²) in [5, 5.41) is 0. The minimum Gasteiger partial charge on any atom is -0.461 e. The predicted octanol–water partition coefficient (Wildman–Crippen LogP) is 1.87. The quantitative estimate of drug-likeness (QED) is 0.760. The number of rotatable bonds is 5. The summed E-state index contributed by atoms with van der Waals surface area (Å²) in [5.41, 5.74) is 1.75. The predicted molar refractivity (Wildman–Crippen MR) is 73.3 cm³/mol. The van der Waals surface area contributed by atoms with Gasteiger partial charge in [0.1, 0.15) is 6.61 Å². The molecule has 0 unspecified atom stereocenters. The fourth-order valence-corrected chi connectivity index (χ4v) is 2.23. The highest BCUT2D eigenvalue weighted by Gasteiger charge is 2.21. The standard InChI is InChI=1S/C15H21NO3/c1-12-3-5-13(6-4-12)15(17)19-10-9-16-8-7-14(11-16)18-2/h3-6,14H,7-11H2,1-2H3/t14-/m0/s1. The lowest BCUT2D eigenvalue weighted by atomic mass is 10.1. The van der Waals surface area contributed by atoms with E-state index in [1.165, 1.54) is 0 Å². The third-order valence-electron chi connectivity index (χ3n) is 3.49. The molecule has 104 valence electrons. The average molecular weight is 263 g/mol. The number of carbonyl (C=O) groups excluding carboxylic acids is 1. The SMILES string of the molecule is CO[C@H]1CCN(CCOC(=O)c2ccc(C)cc2)C1. The van der Waals surface area contributed by atoms with Crippen molar-refractivity contribution in [3.8, 4) is 0 Å². The van der Waals surface area contributed by atoms with Crippen LogP contribution in [-0.4, -0.2) is 50.3 Å². The Bertz CT molecular complexity index is 416. The summed E-state index contributed by atoms with van der Waals surface area (Å²) in [4.78, 5) is 14.0. The van der Waals surface area contributed by atoms with Crippen LogP contribution in [0.3, 0.4) is 0 Å². The Morgan fingerprint density at radius 2 is 2.11 bits per heavy atom. The van der Waals surface area contributed by atoms with Gasteiger partial charge in [-0.05, 0) is 25.5 Å². The largest absolute Gasteiger partial charge is 0.461 e. The van der Waals surface area contributed by atoms with E-state index in [4.69, 9.17) is 9.47 Å². The van der Waals surface area contributed by atoms with Gasteiger partial charge >= 0.3 is 5.97 Å². The molecule has 1 aliphatic heterocycles. The van der Waals surface area contributed by atoms with Crippen molar-refractivity contribution in [2.24, 2.45) is 0 Å². The number of aryl methyl sites for hydroxylation is 1. The molecule has 0 saturated carbocycles. The molecular formula is C15H21NO3. The molecule has 0 bridgehead atoms. The van der Waals surface area contributed by atoms with Crippen LogP contribution in [0.4, 0.5) is 0 Å². The van der Waals surface area contributed by atoms with Crippen LogP contribution in [0.2, 0.25) is 0 Å². The molecule has 0 aromatic heterocycles. The van der Waals surface area contributed by atoms with Crippen molar-refractivity contribution in [2.45, 2.75) is 19.4 Å². The van der Waals surface area contributed by atoms with Crippen LogP contribution in [-0.2, 0) is 9.47 Å². The maximum Gasteiger partial charge on any atom is 0.338 e. The summed E-state index contributed by atoms with van der Waals surface area (Å²) in [7, 11) is 1.74. The lowest BCUT2D eigenvalue weighted by Crippen LogP contribution is -2.27. The second-order valence-electron chi connectivity index (χ2n) is 4.95. The number of nitrogens with zero attached hydrogens (tertiary/aromatic N) is 1. The fourth-order valence-electron chi connectivity index (χ4n) is 2.23. The fraction of sp³-hybridized carbons (Fsp3) is 0.533. The van der Waals surface area contributed by atoms with Gasteiger partial charge in [-0.25, -0.2) is 4.79 Å². The Hall–Kier alpha value is -1.39. The Balaban J connectivity index is 1.71. The Morgan fingerprint density at radius 1 is 1.37 bits per heavy atom. The van der Waals surface area contributed by atoms with Crippen molar-refractivity contribution in [2.75, 3.05) is 33.4 Å². The maximum absolute atomic E-state index is 11.8. The topological polar surface area (TPSA) is 38.8 Å². The van der Waals surface area contributed by atoms with E-state index in [2.05, 4.69) is 4.90 Å². The molecule has 1 aromatic carbocycles. The van der Waals surface area contributed by atoms with Crippen LogP contribution >= 0.6 is 0 Å². The number of carbonyl (C=O) groups is 1. The minimum absolute atomic E-state index is 0.248. The van der Waals surface area contributed by atoms with E-state index < -0.39 is 0 Å². The van der Waals surface area contributed by atoms with Crippen LogP contribution in [0.1, 0.15) is 22.3 Å². The van der Waals surface area contributed by atoms with Gasteiger partial charge in [0.25, 0.3) is 0 Å². The Morgan fingerprint density at radius 3 is 2.74 bits per heavy atom. The number of methoxy groups -OCH3 is 1. The van der Waals surface area contributed by atoms with E-state index in [0.717, 1.165) is 31.6 Å². The molecule has 1 fully saturated rings. The van der Waals surface area contributed by atoms with Gasteiger partial charge in [0.15, 0.2) is 0 Å². The Labute approximate surface area is 114 Å². The summed E-state index contributed by atoms with van der Waals surface area (Å²) in [6.45, 7) is 5.15. The molecule has 1 heterocycles. The Kier molecular flexibility index (Phi) is 4.93. The number of benzene rings is 1. The lowest BCUT2D eigenvalue weighted by molar-refractivity contribution is 0.0461. The second-order valence-corrected chi connectivity index (χ2v) is 4.95. The summed E-state index contributed by atoms with van der Waals surface area (Å²) in [5.74, 6) is -0.248. The normalized spacial score (nSPS) is 19.6. The van der Waals surface area contributed by atoms with Crippen LogP contribution < -0.4 is 0 Å². The number of ether oxygens (including phenoxy) is 2. The molecule has 2 rings (SSSR count). The van der Waals surface area contributed by atoms with E-state index >= 15 is 0 Å². The van der Waals surface area contributed by atoms with Crippen molar-refractivity contribution in [3.63, 3.8) is 0 Å². The molecule has 19 heavy (non-hydrogen) atoms. The first kappa shape index (κ1) is 14.0. The first-order chi connectivity index (χ1) is 9.19. The van der Waals surface area contributed by atoms with Crippen molar-refractivity contribution in [1.29, 1.82) is 0 Å². The monoisotopic (exact) mass is 263 g/mol. The molecule has 1 aromatic rings. The first-order valence-electron chi connectivity index (χ1n) is 6.68. The molecule has 1 atom stereocenters. The second kappa shape index (κ2) is 6.68. The van der Waals surface area contributed by atoms with E-state index in [0.29, 0.717) is 18.3 Å². The first-order valence-corrected chi connectivity index (χ1v) is 6.68. The van der Waals surface area contributed by atoms with Gasteiger partial charge < -0.3 is 9.47 Å². The van der Waals surface area contributed by atoms with Crippen molar-refractivity contribution < 1.29 is 14.3 Å². The highest BCUT2D eigenvalue weighted by atomic mass is 16.5. The van der Waals surface area contributed by atoms with Gasteiger partial charge in [-0.15, -0.1) is 0 Å². The van der Waals surface area contributed by atoms with E-state index in [1.54, 1.807) is 19.2 Å². The van der Waals surface area contributed by atoms with Crippen LogP contribution in [0.5, 0.6) is 0 Å². The summed E-state index contributed by atoms with van der Waals surface area (Å²) in [6.07, 6.45) is 1.38. The molecule has 4 heteroatoms. The smallest absolute Gasteiger partial charge is 0.338 e. The average Bonchev–Trinajstić information content (AvgIpc) is 2.87. The highest BCUT2D eigenvalue weighted by Crippen LogP contribution is 2.11. The summed E-state index contributed by atoms with van der Waals surface area (Å²) >= 11 is 0. The lowest BCUT2D eigenvalue weighted by Gasteiger charge is -2.15. The van der Waals surface area contributed by atoms with Gasteiger partial charge in [0, 0.05) is 26.7 Å². The molecule has 4 nitrogen and oxygen atoms in total. The molecule has 0 amide bonds. The number of likely N-dealkylation sites (tertiary alicyclic amines) is 1. The molecule has 1 aliphatic rings. The molecule has 1 saturated heterocycles. The number of hydrogen-bond acceptors (Lipinski definition) is 4. The van der Waals surface area contributed by atoms with Crippen LogP contribution in [0, 0.1) is 6.92 Å². The van der Waals surface area contributed by atoms with Gasteiger partial charge in [-0.3, -0.25) is 4.90 Å². The van der Waals surface area contributed by atoms with Gasteiger partial charge in [-0.1, -0.05) is 17.7 Å². The molecule has 0 spiro atoms. The third-order valence-corrected chi connectivity index (χ3v) is 3.49. The summed E-state index contributed by atoms with van der Waals surface area (Å²) in [6, 6.07) is 7.43. The molecular weight excluding hydrogens is 242 g/mol. The zero-order valence-electron chi connectivity index (χ0n) is 11.6. The summed E-state index contributed by atoms with van der Waals surface area (Å²) < 4.78 is 10.6. The molecule has 0 N–H and O–H groups in total. The van der Waals surface area contributed by atoms with E-state index in [9.17, 15) is 4.79 Å². The zero-order valence-corrected chi connectivity index (χ0v) is 11.6. The minimum atomic E-state index is -0.248. The van der Waals surface area contributed by atoms with Crippen LogP contribution in [0.15, 0.2) is 24.3 Å². The number of esters is 1. The highest BCUT2D eigenvalue weighted by molar-refractivity contribution is 5.89. The van der Waals surface area contributed by atoms with Crippen molar-refractivity contribution in [3.05, 3.63) is 35.4 Å². The molecule has 0 radical (unpaired) electrons. The van der Waals surface area contributed by atoms with E-state index in [-0.39, 0.29) is 5.97 Å². The molecule has 0 aliphatic carbocycles. The van der Waals surface area contributed by atoms with Crippen molar-refractivity contribution >= 4 is 5.97 Å². The van der Waals surface area contributed by atoms with Gasteiger partial charge in [0.05, 0.1) is 11.7 Å². The maximum atomic E-state index is 11.8. The number of hydrogen-bond donors (Lipinski definition) is 0. The third kappa shape index (κ3) is 4.04. The van der Waals surface area contributed by atoms with Crippen LogP contribution in [0.25, 0.3) is 0 Å². The zero-order chi connectivity index (χ0) is 13.7.